The van der Waals surface area contributed by atoms with E-state index in [1.165, 1.54) is 11.4 Å². The highest BCUT2D eigenvalue weighted by molar-refractivity contribution is 7.13. The number of aryl methyl sites for hydroxylation is 2. The Kier molecular flexibility index (Phi) is 4.85. The van der Waals surface area contributed by atoms with Crippen LogP contribution in [-0.2, 0) is 6.54 Å². The number of hydrogen-bond acceptors (Lipinski definition) is 5. The summed E-state index contributed by atoms with van der Waals surface area (Å²) in [7, 11) is 0. The van der Waals surface area contributed by atoms with Crippen molar-refractivity contribution in [2.24, 2.45) is 0 Å². The highest BCUT2D eigenvalue weighted by Crippen LogP contribution is 2.26. The molecule has 0 fully saturated rings. The van der Waals surface area contributed by atoms with Crippen LogP contribution in [0.2, 0.25) is 0 Å². The molecule has 0 atom stereocenters. The maximum atomic E-state index is 12.5. The Morgan fingerprint density at radius 1 is 1.17 bits per heavy atom. The maximum absolute atomic E-state index is 12.5. The summed E-state index contributed by atoms with van der Waals surface area (Å²) in [6.45, 7) is 4.27. The molecule has 4 aromatic rings. The minimum absolute atomic E-state index is 0.0547. The van der Waals surface area contributed by atoms with Gasteiger partial charge in [0.25, 0.3) is 5.91 Å². The minimum Gasteiger partial charge on any atom is -0.346 e. The summed E-state index contributed by atoms with van der Waals surface area (Å²) in [4.78, 5) is 27.6. The number of nitrogens with one attached hydrogen (secondary N) is 1. The summed E-state index contributed by atoms with van der Waals surface area (Å²) in [5, 5.41) is 15.2. The Morgan fingerprint density at radius 3 is 2.59 bits per heavy atom. The standard InChI is InChI=1S/C21H18N4O3S/c1-13-3-6-15(7-4-13)20-17(24-11-14(2)5-8-18(24)23-20)10-22-21(26)16-9-19(25(27)28)29-12-16/h3-9,11-12H,10H2,1-2H3,(H,22,26). The lowest BCUT2D eigenvalue weighted by Gasteiger charge is -2.08. The molecule has 1 N–H and O–H groups in total. The molecule has 8 heteroatoms. The number of aromatic nitrogens is 2. The van der Waals surface area contributed by atoms with Gasteiger partial charge in [0.15, 0.2) is 0 Å². The lowest BCUT2D eigenvalue weighted by molar-refractivity contribution is -0.380. The molecular formula is C21H18N4O3S. The van der Waals surface area contributed by atoms with Crippen molar-refractivity contribution in [1.29, 1.82) is 0 Å². The van der Waals surface area contributed by atoms with Gasteiger partial charge in [0, 0.05) is 23.2 Å². The van der Waals surface area contributed by atoms with Crippen molar-refractivity contribution in [2.45, 2.75) is 20.4 Å². The molecule has 3 aromatic heterocycles. The Hall–Kier alpha value is -3.52. The molecule has 0 aliphatic rings. The van der Waals surface area contributed by atoms with Crippen LogP contribution < -0.4 is 5.32 Å². The molecule has 0 bridgehead atoms. The number of nitro groups is 1. The molecule has 7 nitrogen and oxygen atoms in total. The topological polar surface area (TPSA) is 89.5 Å². The molecule has 1 aromatic carbocycles. The van der Waals surface area contributed by atoms with Crippen molar-refractivity contribution in [3.05, 3.63) is 86.5 Å². The van der Waals surface area contributed by atoms with Gasteiger partial charge in [-0.05, 0) is 25.5 Å². The summed E-state index contributed by atoms with van der Waals surface area (Å²) in [6, 6.07) is 13.3. The third-order valence-electron chi connectivity index (χ3n) is 4.63. The zero-order valence-corrected chi connectivity index (χ0v) is 16.7. The molecule has 146 valence electrons. The third-order valence-corrected chi connectivity index (χ3v) is 5.51. The van der Waals surface area contributed by atoms with E-state index in [0.29, 0.717) is 0 Å². The summed E-state index contributed by atoms with van der Waals surface area (Å²) in [6.07, 6.45) is 1.98. The number of pyridine rings is 1. The normalized spacial score (nSPS) is 11.0. The molecule has 0 aliphatic carbocycles. The molecule has 3 heterocycles. The van der Waals surface area contributed by atoms with Gasteiger partial charge in [-0.25, -0.2) is 4.98 Å². The second-order valence-electron chi connectivity index (χ2n) is 6.82. The Balaban J connectivity index is 1.68. The monoisotopic (exact) mass is 406 g/mol. The van der Waals surface area contributed by atoms with E-state index in [1.807, 2.05) is 60.8 Å². The van der Waals surface area contributed by atoms with E-state index in [-0.39, 0.29) is 23.0 Å². The number of carbonyl (C=O) groups excluding carboxylic acids is 1. The molecule has 0 unspecified atom stereocenters. The van der Waals surface area contributed by atoms with E-state index in [9.17, 15) is 14.9 Å². The number of hydrogen-bond donors (Lipinski definition) is 1. The fourth-order valence-corrected chi connectivity index (χ4v) is 3.82. The van der Waals surface area contributed by atoms with Crippen LogP contribution in [0, 0.1) is 24.0 Å². The van der Waals surface area contributed by atoms with E-state index in [1.54, 1.807) is 0 Å². The van der Waals surface area contributed by atoms with Gasteiger partial charge in [-0.3, -0.25) is 14.9 Å². The summed E-state index contributed by atoms with van der Waals surface area (Å²) >= 11 is 0.938. The molecule has 0 radical (unpaired) electrons. The number of amides is 1. The van der Waals surface area contributed by atoms with Crippen LogP contribution in [0.15, 0.2) is 54.0 Å². The van der Waals surface area contributed by atoms with Gasteiger partial charge in [-0.2, -0.15) is 0 Å². The van der Waals surface area contributed by atoms with Gasteiger partial charge < -0.3 is 9.72 Å². The van der Waals surface area contributed by atoms with E-state index >= 15 is 0 Å². The van der Waals surface area contributed by atoms with Gasteiger partial charge in [0.1, 0.15) is 5.65 Å². The molecule has 29 heavy (non-hydrogen) atoms. The van der Waals surface area contributed by atoms with Crippen LogP contribution in [0.25, 0.3) is 16.9 Å². The fourth-order valence-electron chi connectivity index (χ4n) is 3.12. The Morgan fingerprint density at radius 2 is 1.90 bits per heavy atom. The first-order valence-electron chi connectivity index (χ1n) is 8.98. The van der Waals surface area contributed by atoms with Crippen molar-refractivity contribution in [3.8, 4) is 11.3 Å². The molecule has 0 aliphatic heterocycles. The van der Waals surface area contributed by atoms with Gasteiger partial charge >= 0.3 is 5.00 Å². The lowest BCUT2D eigenvalue weighted by atomic mass is 10.1. The van der Waals surface area contributed by atoms with Crippen LogP contribution in [-0.4, -0.2) is 20.2 Å². The van der Waals surface area contributed by atoms with Crippen molar-refractivity contribution in [3.63, 3.8) is 0 Å². The second-order valence-corrected chi connectivity index (χ2v) is 7.71. The average molecular weight is 406 g/mol. The molecule has 0 saturated carbocycles. The second kappa shape index (κ2) is 7.48. The van der Waals surface area contributed by atoms with E-state index < -0.39 is 4.92 Å². The Bertz CT molecular complexity index is 1220. The summed E-state index contributed by atoms with van der Waals surface area (Å²) < 4.78 is 1.97. The predicted molar refractivity (Wildman–Crippen MR) is 112 cm³/mol. The number of thiophene rings is 1. The highest BCUT2D eigenvalue weighted by atomic mass is 32.1. The zero-order valence-electron chi connectivity index (χ0n) is 15.9. The number of benzene rings is 1. The largest absolute Gasteiger partial charge is 0.346 e. The van der Waals surface area contributed by atoms with Gasteiger partial charge in [0.2, 0.25) is 0 Å². The van der Waals surface area contributed by atoms with E-state index in [2.05, 4.69) is 5.32 Å². The molecule has 1 amide bonds. The van der Waals surface area contributed by atoms with Crippen molar-refractivity contribution in [1.82, 2.24) is 14.7 Å². The summed E-state index contributed by atoms with van der Waals surface area (Å²) in [5.74, 6) is -0.355. The van der Waals surface area contributed by atoms with Gasteiger partial charge in [0.05, 0.1) is 28.4 Å². The third kappa shape index (κ3) is 3.74. The SMILES string of the molecule is Cc1ccc(-c2nc3ccc(C)cn3c2CNC(=O)c2csc([N+](=O)[O-])c2)cc1. The first-order chi connectivity index (χ1) is 13.9. The van der Waals surface area contributed by atoms with Crippen molar-refractivity contribution in [2.75, 3.05) is 0 Å². The van der Waals surface area contributed by atoms with E-state index in [0.717, 1.165) is 45.1 Å². The first-order valence-corrected chi connectivity index (χ1v) is 9.86. The predicted octanol–water partition coefficient (Wildman–Crippen LogP) is 4.52. The van der Waals surface area contributed by atoms with E-state index in [4.69, 9.17) is 4.98 Å². The number of nitrogens with zero attached hydrogens (tertiary/aromatic N) is 3. The summed E-state index contributed by atoms with van der Waals surface area (Å²) in [5.41, 5.74) is 5.92. The Labute approximate surface area is 170 Å². The maximum Gasteiger partial charge on any atom is 0.324 e. The average Bonchev–Trinajstić information content (AvgIpc) is 3.32. The number of carbonyl (C=O) groups is 1. The quantitative estimate of drug-likeness (QED) is 0.390. The first kappa shape index (κ1) is 18.8. The molecule has 0 saturated heterocycles. The molecule has 4 rings (SSSR count). The van der Waals surface area contributed by atoms with Crippen LogP contribution in [0.4, 0.5) is 5.00 Å². The van der Waals surface area contributed by atoms with Crippen LogP contribution in [0.1, 0.15) is 27.2 Å². The number of fused-ring (bicyclic) bond motifs is 1. The highest BCUT2D eigenvalue weighted by Gasteiger charge is 2.18. The molecule has 0 spiro atoms. The van der Waals surface area contributed by atoms with Crippen molar-refractivity contribution >= 4 is 27.9 Å². The minimum atomic E-state index is -0.496. The fraction of sp³-hybridized carbons (Fsp3) is 0.143. The lowest BCUT2D eigenvalue weighted by Crippen LogP contribution is -2.23. The molecular weight excluding hydrogens is 388 g/mol. The smallest absolute Gasteiger partial charge is 0.324 e. The van der Waals surface area contributed by atoms with Gasteiger partial charge in [-0.1, -0.05) is 47.2 Å². The zero-order chi connectivity index (χ0) is 20.5. The number of imidazole rings is 1. The number of rotatable bonds is 5. The van der Waals surface area contributed by atoms with Gasteiger partial charge in [-0.15, -0.1) is 0 Å². The van der Waals surface area contributed by atoms with Crippen LogP contribution in [0.5, 0.6) is 0 Å². The van der Waals surface area contributed by atoms with Crippen LogP contribution >= 0.6 is 11.3 Å². The van der Waals surface area contributed by atoms with Crippen molar-refractivity contribution < 1.29 is 9.72 Å². The van der Waals surface area contributed by atoms with Crippen LogP contribution in [0.3, 0.4) is 0 Å².